The molecule has 3 aliphatic heterocycles. The van der Waals surface area contributed by atoms with Gasteiger partial charge in [0.2, 0.25) is 6.29 Å². The average molecular weight is 789 g/mol. The molecule has 0 amide bonds. The van der Waals surface area contributed by atoms with Crippen molar-refractivity contribution >= 4 is 5.97 Å². The molecule has 4 saturated carbocycles. The zero-order valence-corrected chi connectivity index (χ0v) is 31.6. The van der Waals surface area contributed by atoms with Crippen LogP contribution < -0.4 is 0 Å². The van der Waals surface area contributed by atoms with Crippen molar-refractivity contribution in [2.24, 2.45) is 28.1 Å². The molecule has 10 N–H and O–H groups in total. The van der Waals surface area contributed by atoms with Gasteiger partial charge >= 0.3 is 5.97 Å². The van der Waals surface area contributed by atoms with E-state index in [2.05, 4.69) is 13.5 Å². The molecule has 1 spiro atoms. The lowest BCUT2D eigenvalue weighted by Gasteiger charge is -2.64. The van der Waals surface area contributed by atoms with Crippen LogP contribution in [0.3, 0.4) is 0 Å². The maximum absolute atomic E-state index is 14.1. The normalized spacial score (nSPS) is 55.4. The zero-order valence-electron chi connectivity index (χ0n) is 31.6. The predicted octanol–water partition coefficient (Wildman–Crippen LogP) is -1.91. The molecule has 7 aliphatic rings. The van der Waals surface area contributed by atoms with E-state index in [4.69, 9.17) is 28.4 Å². The van der Waals surface area contributed by atoms with Crippen LogP contribution in [0.1, 0.15) is 78.6 Å². The van der Waals surface area contributed by atoms with Crippen molar-refractivity contribution in [1.29, 1.82) is 0 Å². The molecule has 17 heteroatoms. The van der Waals surface area contributed by atoms with Crippen molar-refractivity contribution < 1.29 is 84.3 Å². The highest BCUT2D eigenvalue weighted by Gasteiger charge is 2.69. The monoisotopic (exact) mass is 788 g/mol. The van der Waals surface area contributed by atoms with E-state index in [0.29, 0.717) is 38.5 Å². The third-order valence-electron chi connectivity index (χ3n) is 14.9. The largest absolute Gasteiger partial charge is 0.432 e. The van der Waals surface area contributed by atoms with Gasteiger partial charge in [0, 0.05) is 0 Å². The number of hydrogen-bond donors (Lipinski definition) is 10. The van der Waals surface area contributed by atoms with Gasteiger partial charge in [-0.05, 0) is 93.5 Å². The Morgan fingerprint density at radius 2 is 1.33 bits per heavy atom. The third-order valence-corrected chi connectivity index (χ3v) is 14.9. The van der Waals surface area contributed by atoms with Crippen LogP contribution in [0.15, 0.2) is 12.2 Å². The summed E-state index contributed by atoms with van der Waals surface area (Å²) in [5.41, 5.74) is -1.66. The molecule has 0 aromatic heterocycles. The lowest BCUT2D eigenvalue weighted by atomic mass is 9.41. The fourth-order valence-electron chi connectivity index (χ4n) is 12.0. The van der Waals surface area contributed by atoms with E-state index >= 15 is 0 Å². The van der Waals surface area contributed by atoms with Gasteiger partial charge in [-0.15, -0.1) is 0 Å². The van der Waals surface area contributed by atoms with Crippen LogP contribution in [-0.2, 0) is 33.2 Å². The molecule has 3 heterocycles. The van der Waals surface area contributed by atoms with Gasteiger partial charge in [-0.1, -0.05) is 19.9 Å². The Bertz CT molecular complexity index is 1430. The highest BCUT2D eigenvalue weighted by atomic mass is 16.8. The summed E-state index contributed by atoms with van der Waals surface area (Å²) in [7, 11) is 0. The first kappa shape index (κ1) is 41.8. The van der Waals surface area contributed by atoms with Crippen molar-refractivity contribution in [2.45, 2.75) is 176 Å². The molecule has 314 valence electrons. The Kier molecular flexibility index (Phi) is 11.4. The van der Waals surface area contributed by atoms with E-state index in [1.807, 2.05) is 6.92 Å². The maximum atomic E-state index is 14.1. The van der Waals surface area contributed by atoms with Gasteiger partial charge in [-0.25, -0.2) is 0 Å². The molecule has 0 radical (unpaired) electrons. The molecule has 0 aromatic carbocycles. The van der Waals surface area contributed by atoms with Gasteiger partial charge in [-0.2, -0.15) is 0 Å². The number of fused-ring (bicyclic) bond motifs is 3. The van der Waals surface area contributed by atoms with Crippen LogP contribution in [0, 0.1) is 28.1 Å². The molecule has 55 heavy (non-hydrogen) atoms. The summed E-state index contributed by atoms with van der Waals surface area (Å²) in [6.45, 7) is 8.81. The minimum absolute atomic E-state index is 0.108. The number of esters is 1. The summed E-state index contributed by atoms with van der Waals surface area (Å²) < 4.78 is 35.8. The number of aliphatic hydroxyl groups excluding tert-OH is 10. The maximum Gasteiger partial charge on any atom is 0.314 e. The highest BCUT2D eigenvalue weighted by molar-refractivity contribution is 5.77. The Morgan fingerprint density at radius 1 is 0.727 bits per heavy atom. The Hall–Kier alpha value is -1.39. The minimum atomic E-state index is -1.70. The molecular weight excluding hydrogens is 728 g/mol. The highest BCUT2D eigenvalue weighted by Crippen LogP contribution is 2.73. The van der Waals surface area contributed by atoms with Gasteiger partial charge in [-0.3, -0.25) is 4.79 Å². The summed E-state index contributed by atoms with van der Waals surface area (Å²) in [4.78, 5) is 14.1. The summed E-state index contributed by atoms with van der Waals surface area (Å²) >= 11 is 0. The van der Waals surface area contributed by atoms with Gasteiger partial charge in [0.05, 0.1) is 30.3 Å². The van der Waals surface area contributed by atoms with E-state index in [-0.39, 0.29) is 22.7 Å². The summed E-state index contributed by atoms with van der Waals surface area (Å²) in [6, 6.07) is 0. The van der Waals surface area contributed by atoms with E-state index in [1.165, 1.54) is 6.92 Å². The van der Waals surface area contributed by atoms with E-state index in [9.17, 15) is 55.9 Å². The predicted molar refractivity (Wildman–Crippen MR) is 185 cm³/mol. The van der Waals surface area contributed by atoms with Gasteiger partial charge in [0.1, 0.15) is 67.1 Å². The van der Waals surface area contributed by atoms with E-state index in [1.54, 1.807) is 0 Å². The van der Waals surface area contributed by atoms with Crippen molar-refractivity contribution in [3.8, 4) is 0 Å². The topological polar surface area (TPSA) is 275 Å². The number of carbonyl (C=O) groups is 1. The second-order valence-corrected chi connectivity index (χ2v) is 18.0. The average Bonchev–Trinajstić information content (AvgIpc) is 3.35. The Labute approximate surface area is 319 Å². The molecule has 3 unspecified atom stereocenters. The molecule has 0 aromatic rings. The van der Waals surface area contributed by atoms with Gasteiger partial charge in [0.15, 0.2) is 12.6 Å². The fourth-order valence-corrected chi connectivity index (χ4v) is 12.0. The summed E-state index contributed by atoms with van der Waals surface area (Å²) in [5, 5.41) is 104. The van der Waals surface area contributed by atoms with Crippen LogP contribution in [0.25, 0.3) is 0 Å². The number of ether oxygens (including phenoxy) is 6. The first-order valence-electron chi connectivity index (χ1n) is 19.7. The molecule has 2 bridgehead atoms. The Morgan fingerprint density at radius 3 is 2.00 bits per heavy atom. The Balaban J connectivity index is 1.10. The second kappa shape index (κ2) is 15.0. The molecular formula is C38H60O17. The first-order chi connectivity index (χ1) is 25.9. The van der Waals surface area contributed by atoms with Crippen LogP contribution in [0.5, 0.6) is 0 Å². The van der Waals surface area contributed by atoms with Crippen LogP contribution in [0.4, 0.5) is 0 Å². The molecule has 4 aliphatic carbocycles. The molecule has 3 saturated heterocycles. The number of rotatable bonds is 8. The van der Waals surface area contributed by atoms with E-state index in [0.717, 1.165) is 24.8 Å². The van der Waals surface area contributed by atoms with Crippen molar-refractivity contribution in [3.05, 3.63) is 12.2 Å². The number of aliphatic hydroxyl groups is 10. The molecule has 17 nitrogen and oxygen atoms in total. The lowest BCUT2D eigenvalue weighted by Crippen LogP contribution is -2.65. The number of hydrogen-bond acceptors (Lipinski definition) is 17. The molecule has 7 rings (SSSR count). The van der Waals surface area contributed by atoms with Crippen LogP contribution in [-0.4, -0.2) is 168 Å². The van der Waals surface area contributed by atoms with Gasteiger partial charge in [0.25, 0.3) is 0 Å². The smallest absolute Gasteiger partial charge is 0.314 e. The van der Waals surface area contributed by atoms with Crippen molar-refractivity contribution in [3.63, 3.8) is 0 Å². The number of carbonyl (C=O) groups excluding carboxylic acids is 1. The molecule has 21 atom stereocenters. The zero-order chi connectivity index (χ0) is 40.0. The van der Waals surface area contributed by atoms with Crippen LogP contribution >= 0.6 is 0 Å². The fraction of sp³-hybridized carbons (Fsp3) is 0.921. The SMILES string of the molecule is C=C1C[C@@]23CCC4[C@@](C)(CCC[C@@]4(C)C(=O)OC4O[C@H](CO)[C@@H](O)[C@H](O)[C@H]4O)C2CC[C@]1(O[C@@H]1O[C@H](CO)[C@@H](O)[C@H](O)[C@H]1O[C@H]1O[C@H](C)[C@@H](O)[C@H](O)[C@@H]1O)C3. The third kappa shape index (κ3) is 6.63. The minimum Gasteiger partial charge on any atom is -0.432 e. The standard InChI is InChI=1S/C38H60O17/c1-16-12-37-10-6-20-35(3,8-5-9-36(20,4)34(49)54-32-29(48)26(45)23(42)18(13-39)51-32)21(37)7-11-38(16,15-37)55-33-30(27(46)24(43)19(14-40)52-33)53-31-28(47)25(44)22(41)17(2)50-31/h17-33,39-48H,1,5-15H2,2-4H3/t17-,18-,19-,20?,21?,22-,23-,24-,25+,26+,27+,28+,29-,30-,31-,32?,33+,35-,36-,37-,38+/m1/s1. The van der Waals surface area contributed by atoms with Gasteiger partial charge < -0.3 is 79.5 Å². The quantitative estimate of drug-likeness (QED) is 0.0730. The van der Waals surface area contributed by atoms with E-state index < -0.39 is 122 Å². The van der Waals surface area contributed by atoms with Crippen molar-refractivity contribution in [1.82, 2.24) is 0 Å². The lowest BCUT2D eigenvalue weighted by molar-refractivity contribution is -0.376. The first-order valence-corrected chi connectivity index (χ1v) is 19.7. The van der Waals surface area contributed by atoms with Crippen LogP contribution in [0.2, 0.25) is 0 Å². The molecule has 7 fully saturated rings. The second-order valence-electron chi connectivity index (χ2n) is 18.0. The summed E-state index contributed by atoms with van der Waals surface area (Å²) in [6.07, 6.45) is -16.2. The van der Waals surface area contributed by atoms with Crippen molar-refractivity contribution in [2.75, 3.05) is 13.2 Å². The summed E-state index contributed by atoms with van der Waals surface area (Å²) in [5.74, 6) is -0.536.